The number of aromatic carboxylic acids is 1. The zero-order valence-electron chi connectivity index (χ0n) is 7.58. The van der Waals surface area contributed by atoms with Crippen LogP contribution in [0, 0.1) is 0 Å². The van der Waals surface area contributed by atoms with Crippen LogP contribution in [0.25, 0.3) is 0 Å². The van der Waals surface area contributed by atoms with E-state index in [1.165, 1.54) is 22.2 Å². The van der Waals surface area contributed by atoms with Crippen molar-refractivity contribution in [2.24, 2.45) is 0 Å². The molecule has 0 atom stereocenters. The van der Waals surface area contributed by atoms with Gasteiger partial charge in [0.2, 0.25) is 5.13 Å². The summed E-state index contributed by atoms with van der Waals surface area (Å²) in [5.41, 5.74) is 1.33. The number of carbonyl (C=O) groups excluding carboxylic acids is 1. The van der Waals surface area contributed by atoms with Gasteiger partial charge in [0.1, 0.15) is 5.51 Å². The van der Waals surface area contributed by atoms with E-state index in [-0.39, 0.29) is 10.7 Å². The minimum atomic E-state index is -1.16. The van der Waals surface area contributed by atoms with Gasteiger partial charge in [-0.1, -0.05) is 11.3 Å². The smallest absolute Gasteiger partial charge is 0.355 e. The Bertz CT molecular complexity index is 521. The van der Waals surface area contributed by atoms with Gasteiger partial charge in [-0.05, 0) is 0 Å². The van der Waals surface area contributed by atoms with E-state index in [1.807, 2.05) is 0 Å². The molecule has 0 saturated carbocycles. The highest BCUT2D eigenvalue weighted by Gasteiger charge is 2.15. The molecule has 0 spiro atoms. The van der Waals surface area contributed by atoms with Gasteiger partial charge in [0, 0.05) is 5.38 Å². The highest BCUT2D eigenvalue weighted by Crippen LogP contribution is 2.14. The van der Waals surface area contributed by atoms with Crippen LogP contribution in [0.15, 0.2) is 10.9 Å². The third kappa shape index (κ3) is 2.20. The van der Waals surface area contributed by atoms with Crippen LogP contribution in [-0.2, 0) is 0 Å². The van der Waals surface area contributed by atoms with E-state index in [9.17, 15) is 9.59 Å². The van der Waals surface area contributed by atoms with E-state index in [2.05, 4.69) is 20.5 Å². The molecule has 0 radical (unpaired) electrons. The fourth-order valence-corrected chi connectivity index (χ4v) is 1.98. The van der Waals surface area contributed by atoms with Crippen LogP contribution in [0.1, 0.15) is 20.3 Å². The molecule has 0 aliphatic carbocycles. The van der Waals surface area contributed by atoms with Gasteiger partial charge in [-0.3, -0.25) is 10.1 Å². The van der Waals surface area contributed by atoms with Crippen LogP contribution in [0.4, 0.5) is 5.13 Å². The minimum absolute atomic E-state index is 0.0765. The number of carbonyl (C=O) groups is 2. The van der Waals surface area contributed by atoms with Gasteiger partial charge in [-0.25, -0.2) is 9.78 Å². The first-order valence-electron chi connectivity index (χ1n) is 3.93. The zero-order chi connectivity index (χ0) is 11.5. The summed E-state index contributed by atoms with van der Waals surface area (Å²) >= 11 is 2.13. The van der Waals surface area contributed by atoms with Crippen molar-refractivity contribution in [3.05, 3.63) is 21.6 Å². The van der Waals surface area contributed by atoms with Gasteiger partial charge >= 0.3 is 5.97 Å². The van der Waals surface area contributed by atoms with E-state index >= 15 is 0 Å². The number of amides is 1. The fraction of sp³-hybridized carbons (Fsp3) is 0. The number of nitrogens with one attached hydrogen (secondary N) is 1. The van der Waals surface area contributed by atoms with Crippen LogP contribution < -0.4 is 5.32 Å². The van der Waals surface area contributed by atoms with E-state index in [4.69, 9.17) is 5.11 Å². The summed E-state index contributed by atoms with van der Waals surface area (Å²) in [5, 5.41) is 20.0. The molecule has 2 N–H and O–H groups in total. The van der Waals surface area contributed by atoms with E-state index in [1.54, 1.807) is 0 Å². The molecule has 16 heavy (non-hydrogen) atoms. The predicted molar refractivity (Wildman–Crippen MR) is 56.9 cm³/mol. The molecule has 2 aromatic rings. The number of hydrogen-bond acceptors (Lipinski definition) is 7. The topological polar surface area (TPSA) is 105 Å². The Hall–Kier alpha value is -1.87. The third-order valence-electron chi connectivity index (χ3n) is 1.50. The lowest BCUT2D eigenvalue weighted by molar-refractivity contribution is 0.0691. The number of rotatable bonds is 3. The molecule has 2 aromatic heterocycles. The lowest BCUT2D eigenvalue weighted by atomic mass is 10.5. The number of carboxylic acids is 1. The van der Waals surface area contributed by atoms with Crippen molar-refractivity contribution in [2.45, 2.75) is 0 Å². The summed E-state index contributed by atoms with van der Waals surface area (Å²) in [6.45, 7) is 0. The first-order valence-corrected chi connectivity index (χ1v) is 5.69. The summed E-state index contributed by atoms with van der Waals surface area (Å²) in [6.07, 6.45) is 0. The van der Waals surface area contributed by atoms with E-state index in [0.29, 0.717) is 5.13 Å². The van der Waals surface area contributed by atoms with E-state index in [0.717, 1.165) is 11.3 Å². The van der Waals surface area contributed by atoms with Gasteiger partial charge in [0.15, 0.2) is 10.7 Å². The molecule has 9 heteroatoms. The number of aromatic nitrogens is 3. The summed E-state index contributed by atoms with van der Waals surface area (Å²) < 4.78 is 0. The molecule has 7 nitrogen and oxygen atoms in total. The number of nitrogens with zero attached hydrogens (tertiary/aromatic N) is 3. The SMILES string of the molecule is O=C(O)c1csc(C(=O)Nc2nncs2)n1. The summed E-state index contributed by atoms with van der Waals surface area (Å²) in [4.78, 5) is 25.7. The van der Waals surface area contributed by atoms with Gasteiger partial charge < -0.3 is 5.11 Å². The van der Waals surface area contributed by atoms with Gasteiger partial charge in [-0.2, -0.15) is 0 Å². The Labute approximate surface area is 96.8 Å². The Morgan fingerprint density at radius 1 is 1.38 bits per heavy atom. The summed E-state index contributed by atoms with van der Waals surface area (Å²) in [5.74, 6) is -1.65. The van der Waals surface area contributed by atoms with Crippen LogP contribution in [0.3, 0.4) is 0 Å². The molecule has 0 aromatic carbocycles. The first kappa shape index (κ1) is 10.6. The lowest BCUT2D eigenvalue weighted by Crippen LogP contribution is -2.12. The van der Waals surface area contributed by atoms with Crippen molar-refractivity contribution < 1.29 is 14.7 Å². The predicted octanol–water partition coefficient (Wildman–Crippen LogP) is 0.945. The number of anilines is 1. The van der Waals surface area contributed by atoms with Crippen molar-refractivity contribution in [1.29, 1.82) is 0 Å². The Morgan fingerprint density at radius 3 is 2.75 bits per heavy atom. The van der Waals surface area contributed by atoms with E-state index < -0.39 is 11.9 Å². The number of hydrogen-bond donors (Lipinski definition) is 2. The largest absolute Gasteiger partial charge is 0.476 e. The lowest BCUT2D eigenvalue weighted by Gasteiger charge is -1.95. The highest BCUT2D eigenvalue weighted by atomic mass is 32.1. The normalized spacial score (nSPS) is 10.0. The van der Waals surface area contributed by atoms with Crippen molar-refractivity contribution in [3.63, 3.8) is 0 Å². The molecule has 0 saturated heterocycles. The Kier molecular flexibility index (Phi) is 2.88. The van der Waals surface area contributed by atoms with Crippen LogP contribution >= 0.6 is 22.7 Å². The second kappa shape index (κ2) is 4.33. The van der Waals surface area contributed by atoms with Crippen LogP contribution in [-0.4, -0.2) is 32.2 Å². The van der Waals surface area contributed by atoms with Gasteiger partial charge in [-0.15, -0.1) is 21.5 Å². The second-order valence-electron chi connectivity index (χ2n) is 2.54. The third-order valence-corrected chi connectivity index (χ3v) is 2.95. The Balaban J connectivity index is 2.12. The highest BCUT2D eigenvalue weighted by molar-refractivity contribution is 7.14. The molecule has 2 heterocycles. The van der Waals surface area contributed by atoms with Crippen molar-refractivity contribution >= 4 is 39.7 Å². The van der Waals surface area contributed by atoms with Crippen molar-refractivity contribution in [2.75, 3.05) is 5.32 Å². The molecule has 2 rings (SSSR count). The quantitative estimate of drug-likeness (QED) is 0.846. The maximum absolute atomic E-state index is 11.5. The van der Waals surface area contributed by atoms with Crippen molar-refractivity contribution in [1.82, 2.24) is 15.2 Å². The molecule has 0 bridgehead atoms. The van der Waals surface area contributed by atoms with Gasteiger partial charge in [0.25, 0.3) is 5.91 Å². The van der Waals surface area contributed by atoms with Crippen molar-refractivity contribution in [3.8, 4) is 0 Å². The zero-order valence-corrected chi connectivity index (χ0v) is 9.21. The molecule has 0 aliphatic heterocycles. The standard InChI is InChI=1S/C7H4N4O3S2/c12-4(10-7-11-8-2-16-7)5-9-3(1-15-5)6(13)14/h1-2H,(H,13,14)(H,10,11,12). The molecule has 0 unspecified atom stereocenters. The molecule has 82 valence electrons. The second-order valence-corrected chi connectivity index (χ2v) is 4.23. The fourth-order valence-electron chi connectivity index (χ4n) is 0.854. The average Bonchev–Trinajstić information content (AvgIpc) is 2.86. The molecule has 0 fully saturated rings. The number of carboxylic acid groups (broad SMARTS) is 1. The molecular weight excluding hydrogens is 252 g/mol. The Morgan fingerprint density at radius 2 is 2.19 bits per heavy atom. The maximum Gasteiger partial charge on any atom is 0.355 e. The monoisotopic (exact) mass is 256 g/mol. The van der Waals surface area contributed by atoms with Gasteiger partial charge in [0.05, 0.1) is 0 Å². The van der Waals surface area contributed by atoms with Crippen LogP contribution in [0.5, 0.6) is 0 Å². The average molecular weight is 256 g/mol. The summed E-state index contributed by atoms with van der Waals surface area (Å²) in [7, 11) is 0. The summed E-state index contributed by atoms with van der Waals surface area (Å²) in [6, 6.07) is 0. The molecular formula is C7H4N4O3S2. The van der Waals surface area contributed by atoms with Crippen LogP contribution in [0.2, 0.25) is 0 Å². The number of thiazole rings is 1. The first-order chi connectivity index (χ1) is 7.66. The maximum atomic E-state index is 11.5. The minimum Gasteiger partial charge on any atom is -0.476 e. The molecule has 1 amide bonds. The molecule has 0 aliphatic rings.